The third kappa shape index (κ3) is 4.71. The lowest BCUT2D eigenvalue weighted by atomic mass is 9.77. The molecule has 0 unspecified atom stereocenters. The van der Waals surface area contributed by atoms with Crippen molar-refractivity contribution in [2.24, 2.45) is 5.92 Å². The Morgan fingerprint density at radius 1 is 0.880 bits per heavy atom. The fraction of sp³-hybridized carbons (Fsp3) is 0.500. The van der Waals surface area contributed by atoms with E-state index in [0.717, 1.165) is 17.0 Å². The molecule has 0 heterocycles. The van der Waals surface area contributed by atoms with Crippen LogP contribution in [0.5, 0.6) is 0 Å². The summed E-state index contributed by atoms with van der Waals surface area (Å²) in [5.41, 5.74) is 4.24. The van der Waals surface area contributed by atoms with E-state index in [9.17, 15) is 4.39 Å². The highest BCUT2D eigenvalue weighted by Crippen LogP contribution is 2.38. The molecule has 0 aliphatic heterocycles. The maximum Gasteiger partial charge on any atom is 0.126 e. The fourth-order valence-electron chi connectivity index (χ4n) is 4.19. The van der Waals surface area contributed by atoms with Gasteiger partial charge in [0.25, 0.3) is 0 Å². The Bertz CT molecular complexity index is 663. The van der Waals surface area contributed by atoms with Gasteiger partial charge in [-0.15, -0.1) is 0 Å². The first-order valence-electron chi connectivity index (χ1n) is 10.0. The molecule has 1 aliphatic carbocycles. The molecule has 0 bridgehead atoms. The SMILES string of the molecule is CCCCCC1CCC(c2ccc(-c3ccc(C)c(F)c3)cc2)CC1. The summed E-state index contributed by atoms with van der Waals surface area (Å²) in [6.45, 7) is 4.09. The Kier molecular flexibility index (Phi) is 6.29. The monoisotopic (exact) mass is 338 g/mol. The van der Waals surface area contributed by atoms with E-state index in [-0.39, 0.29) is 5.82 Å². The molecule has 0 aromatic heterocycles. The van der Waals surface area contributed by atoms with Crippen LogP contribution < -0.4 is 0 Å². The van der Waals surface area contributed by atoms with E-state index in [0.29, 0.717) is 11.5 Å². The number of benzene rings is 2. The maximum absolute atomic E-state index is 13.8. The molecule has 1 fully saturated rings. The average Bonchev–Trinajstić information content (AvgIpc) is 2.65. The zero-order chi connectivity index (χ0) is 17.6. The molecule has 2 aromatic rings. The molecule has 1 heteroatoms. The van der Waals surface area contributed by atoms with Gasteiger partial charge in [0.1, 0.15) is 5.82 Å². The van der Waals surface area contributed by atoms with E-state index >= 15 is 0 Å². The molecule has 0 N–H and O–H groups in total. The first-order chi connectivity index (χ1) is 12.2. The van der Waals surface area contributed by atoms with Crippen LogP contribution in [-0.2, 0) is 0 Å². The highest BCUT2D eigenvalue weighted by atomic mass is 19.1. The van der Waals surface area contributed by atoms with Crippen molar-refractivity contribution in [3.05, 3.63) is 59.4 Å². The highest BCUT2D eigenvalue weighted by molar-refractivity contribution is 5.64. The van der Waals surface area contributed by atoms with Crippen LogP contribution >= 0.6 is 0 Å². The first-order valence-corrected chi connectivity index (χ1v) is 10.0. The van der Waals surface area contributed by atoms with Gasteiger partial charge in [-0.25, -0.2) is 4.39 Å². The van der Waals surface area contributed by atoms with E-state index in [1.54, 1.807) is 13.0 Å². The second-order valence-corrected chi connectivity index (χ2v) is 7.80. The normalized spacial score (nSPS) is 20.6. The number of hydrogen-bond donors (Lipinski definition) is 0. The summed E-state index contributed by atoms with van der Waals surface area (Å²) in [6.07, 6.45) is 11.0. The van der Waals surface area contributed by atoms with Gasteiger partial charge in [-0.05, 0) is 72.8 Å². The molecule has 134 valence electrons. The van der Waals surface area contributed by atoms with Crippen molar-refractivity contribution in [3.63, 3.8) is 0 Å². The van der Waals surface area contributed by atoms with Crippen LogP contribution in [0.3, 0.4) is 0 Å². The van der Waals surface area contributed by atoms with Gasteiger partial charge in [0.15, 0.2) is 0 Å². The standard InChI is InChI=1S/C24H31F/c1-3-4-5-6-19-8-11-20(12-9-19)21-13-15-22(16-14-21)23-10-7-18(2)24(25)17-23/h7,10,13-17,19-20H,3-6,8-9,11-12H2,1-2H3. The molecule has 0 nitrogen and oxygen atoms in total. The minimum absolute atomic E-state index is 0.122. The second-order valence-electron chi connectivity index (χ2n) is 7.80. The van der Waals surface area contributed by atoms with Crippen LogP contribution in [0.4, 0.5) is 4.39 Å². The van der Waals surface area contributed by atoms with Gasteiger partial charge >= 0.3 is 0 Å². The predicted molar refractivity (Wildman–Crippen MR) is 105 cm³/mol. The minimum atomic E-state index is -0.122. The summed E-state index contributed by atoms with van der Waals surface area (Å²) in [4.78, 5) is 0. The largest absolute Gasteiger partial charge is 0.207 e. The number of hydrogen-bond acceptors (Lipinski definition) is 0. The van der Waals surface area contributed by atoms with Gasteiger partial charge in [0.05, 0.1) is 0 Å². The Morgan fingerprint density at radius 3 is 2.20 bits per heavy atom. The molecule has 0 saturated heterocycles. The molecule has 1 aliphatic rings. The van der Waals surface area contributed by atoms with Gasteiger partial charge in [-0.1, -0.05) is 69.0 Å². The average molecular weight is 339 g/mol. The van der Waals surface area contributed by atoms with Crippen molar-refractivity contribution < 1.29 is 4.39 Å². The first kappa shape index (κ1) is 18.2. The van der Waals surface area contributed by atoms with Crippen LogP contribution in [-0.4, -0.2) is 0 Å². The maximum atomic E-state index is 13.8. The quantitative estimate of drug-likeness (QED) is 0.474. The van der Waals surface area contributed by atoms with Gasteiger partial charge in [0, 0.05) is 0 Å². The topological polar surface area (TPSA) is 0 Å². The lowest BCUT2D eigenvalue weighted by molar-refractivity contribution is 0.303. The summed E-state index contributed by atoms with van der Waals surface area (Å²) in [5.74, 6) is 1.55. The van der Waals surface area contributed by atoms with Gasteiger partial charge < -0.3 is 0 Å². The fourth-order valence-corrected chi connectivity index (χ4v) is 4.19. The summed E-state index contributed by atoms with van der Waals surface area (Å²) < 4.78 is 13.8. The molecule has 0 spiro atoms. The van der Waals surface area contributed by atoms with Gasteiger partial charge in [-0.3, -0.25) is 0 Å². The molecular weight excluding hydrogens is 307 g/mol. The van der Waals surface area contributed by atoms with E-state index in [4.69, 9.17) is 0 Å². The molecule has 1 saturated carbocycles. The van der Waals surface area contributed by atoms with Crippen molar-refractivity contribution in [1.82, 2.24) is 0 Å². The Morgan fingerprint density at radius 2 is 1.56 bits per heavy atom. The molecule has 0 radical (unpaired) electrons. The number of halogens is 1. The smallest absolute Gasteiger partial charge is 0.126 e. The molecule has 3 rings (SSSR count). The third-order valence-electron chi connectivity index (χ3n) is 5.95. The van der Waals surface area contributed by atoms with E-state index < -0.39 is 0 Å². The highest BCUT2D eigenvalue weighted by Gasteiger charge is 2.22. The minimum Gasteiger partial charge on any atom is -0.207 e. The summed E-state index contributed by atoms with van der Waals surface area (Å²) in [7, 11) is 0. The van der Waals surface area contributed by atoms with Crippen LogP contribution in [0, 0.1) is 18.7 Å². The van der Waals surface area contributed by atoms with Gasteiger partial charge in [0.2, 0.25) is 0 Å². The van der Waals surface area contributed by atoms with Crippen molar-refractivity contribution in [1.29, 1.82) is 0 Å². The summed E-state index contributed by atoms with van der Waals surface area (Å²) in [5, 5.41) is 0. The lowest BCUT2D eigenvalue weighted by Gasteiger charge is -2.29. The Hall–Kier alpha value is -1.63. The Labute approximate surface area is 152 Å². The number of rotatable bonds is 6. The van der Waals surface area contributed by atoms with Crippen molar-refractivity contribution in [3.8, 4) is 11.1 Å². The van der Waals surface area contributed by atoms with Crippen molar-refractivity contribution in [2.45, 2.75) is 71.1 Å². The molecule has 0 atom stereocenters. The molecule has 0 amide bonds. The second kappa shape index (κ2) is 8.65. The zero-order valence-electron chi connectivity index (χ0n) is 15.7. The van der Waals surface area contributed by atoms with Crippen molar-refractivity contribution >= 4 is 0 Å². The van der Waals surface area contributed by atoms with E-state index in [1.807, 2.05) is 12.1 Å². The number of aryl methyl sites for hydroxylation is 1. The Balaban J connectivity index is 1.59. The van der Waals surface area contributed by atoms with Crippen LogP contribution in [0.2, 0.25) is 0 Å². The van der Waals surface area contributed by atoms with Gasteiger partial charge in [-0.2, -0.15) is 0 Å². The summed E-state index contributed by atoms with van der Waals surface area (Å²) in [6, 6.07) is 14.4. The zero-order valence-corrected chi connectivity index (χ0v) is 15.7. The lowest BCUT2D eigenvalue weighted by Crippen LogP contribution is -2.13. The predicted octanol–water partition coefficient (Wildman–Crippen LogP) is 7.66. The number of unbranched alkanes of at least 4 members (excludes halogenated alkanes) is 2. The van der Waals surface area contributed by atoms with Crippen LogP contribution in [0.1, 0.15) is 75.3 Å². The van der Waals surface area contributed by atoms with Crippen molar-refractivity contribution in [2.75, 3.05) is 0 Å². The third-order valence-corrected chi connectivity index (χ3v) is 5.95. The molecule has 2 aromatic carbocycles. The molecule has 25 heavy (non-hydrogen) atoms. The molecular formula is C24H31F. The van der Waals surface area contributed by atoms with Crippen LogP contribution in [0.15, 0.2) is 42.5 Å². The van der Waals surface area contributed by atoms with E-state index in [2.05, 4.69) is 31.2 Å². The van der Waals surface area contributed by atoms with Crippen LogP contribution in [0.25, 0.3) is 11.1 Å². The summed E-state index contributed by atoms with van der Waals surface area (Å²) >= 11 is 0. The van der Waals surface area contributed by atoms with E-state index in [1.165, 1.54) is 56.9 Å².